The second kappa shape index (κ2) is 8.96. The molecule has 34 heavy (non-hydrogen) atoms. The molecule has 0 radical (unpaired) electrons. The molecule has 0 aliphatic rings. The quantitative estimate of drug-likeness (QED) is 0.338. The van der Waals surface area contributed by atoms with Crippen molar-refractivity contribution in [3.8, 4) is 0 Å². The second-order valence-corrected chi connectivity index (χ2v) is 10.0. The van der Waals surface area contributed by atoms with Gasteiger partial charge in [0.15, 0.2) is 5.69 Å². The van der Waals surface area contributed by atoms with Crippen LogP contribution in [0.25, 0.3) is 19.5 Å². The first kappa shape index (κ1) is 22.2. The number of fused-ring (bicyclic) bond motifs is 3. The maximum Gasteiger partial charge on any atom is 0.330 e. The van der Waals surface area contributed by atoms with Crippen molar-refractivity contribution in [2.24, 2.45) is 0 Å². The second-order valence-electron chi connectivity index (χ2n) is 7.87. The van der Waals surface area contributed by atoms with Gasteiger partial charge >= 0.3 is 5.69 Å². The molecule has 0 fully saturated rings. The number of aromatic nitrogens is 2. The van der Waals surface area contributed by atoms with Crippen LogP contribution in [-0.4, -0.2) is 15.5 Å². The first-order valence-corrected chi connectivity index (χ1v) is 12.5. The van der Waals surface area contributed by atoms with Gasteiger partial charge < -0.3 is 10.2 Å². The third-order valence-electron chi connectivity index (χ3n) is 5.62. The summed E-state index contributed by atoms with van der Waals surface area (Å²) in [6.45, 7) is 2.33. The number of nitrogen functional groups attached to an aromatic ring is 1. The Labute approximate surface area is 201 Å². The van der Waals surface area contributed by atoms with E-state index in [0.717, 1.165) is 25.9 Å². The minimum Gasteiger partial charge on any atom is -0.467 e. The van der Waals surface area contributed by atoms with Crippen LogP contribution >= 0.6 is 22.7 Å². The summed E-state index contributed by atoms with van der Waals surface area (Å²) >= 11 is 2.99. The molecule has 0 unspecified atom stereocenters. The monoisotopic (exact) mass is 494 g/mol. The molecule has 3 N–H and O–H groups in total. The van der Waals surface area contributed by atoms with Crippen molar-refractivity contribution in [1.29, 1.82) is 0 Å². The number of unbranched alkanes of at least 4 members (excludes halogenated alkanes) is 1. The van der Waals surface area contributed by atoms with Crippen LogP contribution in [0.1, 0.15) is 35.2 Å². The number of aromatic amines is 1. The number of nitrogens with zero attached hydrogens (tertiary/aromatic N) is 2. The number of hydrogen-bond acceptors (Lipinski definition) is 7. The Kier molecular flexibility index (Phi) is 5.84. The average Bonchev–Trinajstić information content (AvgIpc) is 3.54. The number of hydrogen-bond donors (Lipinski definition) is 2. The number of anilines is 2. The highest BCUT2D eigenvalue weighted by molar-refractivity contribution is 7.33. The van der Waals surface area contributed by atoms with Crippen LogP contribution in [0, 0.1) is 0 Å². The van der Waals surface area contributed by atoms with Crippen molar-refractivity contribution >= 4 is 59.6 Å². The molecule has 0 spiro atoms. The van der Waals surface area contributed by atoms with Gasteiger partial charge in [-0.25, -0.2) is 4.79 Å². The molecule has 0 atom stereocenters. The predicted molar refractivity (Wildman–Crippen MR) is 137 cm³/mol. The Bertz CT molecular complexity index is 1610. The van der Waals surface area contributed by atoms with Gasteiger partial charge in [0.1, 0.15) is 11.6 Å². The molecule has 174 valence electrons. The highest BCUT2D eigenvalue weighted by atomic mass is 32.1. The van der Waals surface area contributed by atoms with Crippen LogP contribution in [0.5, 0.6) is 0 Å². The Morgan fingerprint density at radius 1 is 1.15 bits per heavy atom. The van der Waals surface area contributed by atoms with Crippen molar-refractivity contribution in [3.05, 3.63) is 80.2 Å². The topological polar surface area (TPSA) is 114 Å². The molecule has 10 heteroatoms. The number of rotatable bonds is 7. The van der Waals surface area contributed by atoms with Gasteiger partial charge in [0.2, 0.25) is 0 Å². The molecule has 0 saturated heterocycles. The maximum atomic E-state index is 13.8. The van der Waals surface area contributed by atoms with Crippen LogP contribution in [0.15, 0.2) is 62.7 Å². The Morgan fingerprint density at radius 2 is 1.97 bits per heavy atom. The average molecular weight is 495 g/mol. The van der Waals surface area contributed by atoms with Crippen LogP contribution < -0.4 is 21.9 Å². The zero-order chi connectivity index (χ0) is 23.8. The number of H-pyrrole nitrogens is 1. The van der Waals surface area contributed by atoms with E-state index in [-0.39, 0.29) is 24.0 Å². The lowest BCUT2D eigenvalue weighted by Crippen LogP contribution is -2.40. The fourth-order valence-corrected chi connectivity index (χ4v) is 6.40. The van der Waals surface area contributed by atoms with Gasteiger partial charge in [-0.05, 0) is 30.7 Å². The minimum absolute atomic E-state index is 0.00259. The van der Waals surface area contributed by atoms with Crippen LogP contribution in [0.4, 0.5) is 11.5 Å². The highest BCUT2D eigenvalue weighted by Gasteiger charge is 2.28. The Morgan fingerprint density at radius 3 is 2.74 bits per heavy atom. The first-order valence-electron chi connectivity index (χ1n) is 10.9. The van der Waals surface area contributed by atoms with Crippen molar-refractivity contribution < 1.29 is 9.21 Å². The number of thiophene rings is 2. The number of carbonyl (C=O) groups is 1. The number of nitrogens with one attached hydrogen (secondary N) is 1. The summed E-state index contributed by atoms with van der Waals surface area (Å²) in [6.07, 6.45) is 3.05. The summed E-state index contributed by atoms with van der Waals surface area (Å²) in [4.78, 5) is 43.2. The van der Waals surface area contributed by atoms with E-state index in [0.29, 0.717) is 23.6 Å². The van der Waals surface area contributed by atoms with Crippen molar-refractivity contribution in [2.75, 3.05) is 10.6 Å². The Hall–Kier alpha value is -3.63. The molecule has 8 nitrogen and oxygen atoms in total. The molecular formula is C24H22N4O4S2. The van der Waals surface area contributed by atoms with Gasteiger partial charge in [-0.1, -0.05) is 31.5 Å². The molecular weight excluding hydrogens is 472 g/mol. The van der Waals surface area contributed by atoms with Gasteiger partial charge in [0.05, 0.1) is 22.4 Å². The zero-order valence-electron chi connectivity index (χ0n) is 18.4. The molecule has 0 aliphatic carbocycles. The van der Waals surface area contributed by atoms with Crippen molar-refractivity contribution in [2.45, 2.75) is 32.9 Å². The number of amides is 1. The van der Waals surface area contributed by atoms with Crippen LogP contribution in [0.3, 0.4) is 0 Å². The molecule has 1 amide bonds. The lowest BCUT2D eigenvalue weighted by Gasteiger charge is -2.23. The van der Waals surface area contributed by atoms with E-state index < -0.39 is 11.2 Å². The minimum atomic E-state index is -0.709. The lowest BCUT2D eigenvalue weighted by molar-refractivity contribution is 0.0987. The molecule has 1 aromatic carbocycles. The summed E-state index contributed by atoms with van der Waals surface area (Å²) in [5, 5.41) is 1.09. The van der Waals surface area contributed by atoms with E-state index in [2.05, 4.69) is 11.1 Å². The summed E-state index contributed by atoms with van der Waals surface area (Å²) in [6, 6.07) is 13.3. The maximum absolute atomic E-state index is 13.8. The molecule has 5 rings (SSSR count). The van der Waals surface area contributed by atoms with Crippen LogP contribution in [-0.2, 0) is 13.1 Å². The number of carbonyl (C=O) groups excluding carboxylic acids is 1. The van der Waals surface area contributed by atoms with Gasteiger partial charge in [0.25, 0.3) is 11.5 Å². The SMILES string of the molecule is CCCCn1c(N)c(N(Cc2ccco2)C(=O)c2cc3sc4ccccc4c3s2)c(=O)[nH]c1=O. The van der Waals surface area contributed by atoms with Crippen LogP contribution in [0.2, 0.25) is 0 Å². The summed E-state index contributed by atoms with van der Waals surface area (Å²) < 4.78 is 9.95. The summed E-state index contributed by atoms with van der Waals surface area (Å²) in [5.74, 6) is 0.0694. The molecule has 0 bridgehead atoms. The van der Waals surface area contributed by atoms with Crippen molar-refractivity contribution in [1.82, 2.24) is 9.55 Å². The third kappa shape index (κ3) is 3.84. The van der Waals surface area contributed by atoms with Gasteiger partial charge in [-0.2, -0.15) is 0 Å². The van der Waals surface area contributed by atoms with Gasteiger partial charge in [-0.15, -0.1) is 22.7 Å². The number of benzene rings is 1. The summed E-state index contributed by atoms with van der Waals surface area (Å²) in [5.41, 5.74) is 4.97. The smallest absolute Gasteiger partial charge is 0.330 e. The summed E-state index contributed by atoms with van der Waals surface area (Å²) in [7, 11) is 0. The molecule has 4 heterocycles. The standard InChI is InChI=1S/C24H22N4O4S2/c1-2-3-10-27-21(25)19(22(29)26-24(27)31)28(13-14-7-6-11-32-14)23(30)18-12-17-20(34-18)15-8-4-5-9-16(15)33-17/h4-9,11-12H,2-3,10,13,25H2,1H3,(H,26,29,31). The van der Waals surface area contributed by atoms with Gasteiger partial charge in [0, 0.05) is 21.3 Å². The fourth-order valence-electron chi connectivity index (χ4n) is 3.93. The lowest BCUT2D eigenvalue weighted by atomic mass is 10.2. The zero-order valence-corrected chi connectivity index (χ0v) is 20.0. The van der Waals surface area contributed by atoms with Crippen molar-refractivity contribution in [3.63, 3.8) is 0 Å². The van der Waals surface area contributed by atoms with E-state index in [1.54, 1.807) is 23.5 Å². The largest absolute Gasteiger partial charge is 0.467 e. The van der Waals surface area contributed by atoms with E-state index in [4.69, 9.17) is 10.2 Å². The van der Waals surface area contributed by atoms with E-state index in [1.807, 2.05) is 31.2 Å². The number of furan rings is 1. The fraction of sp³-hybridized carbons (Fsp3) is 0.208. The molecule has 0 saturated carbocycles. The first-order chi connectivity index (χ1) is 16.5. The molecule has 5 aromatic rings. The molecule has 0 aliphatic heterocycles. The van der Waals surface area contributed by atoms with E-state index in [1.165, 1.54) is 27.1 Å². The molecule has 4 aromatic heterocycles. The van der Waals surface area contributed by atoms with Gasteiger partial charge in [-0.3, -0.25) is 24.0 Å². The Balaban J connectivity index is 1.63. The highest BCUT2D eigenvalue weighted by Crippen LogP contribution is 2.40. The number of nitrogens with two attached hydrogens (primary N) is 1. The van der Waals surface area contributed by atoms with E-state index in [9.17, 15) is 14.4 Å². The van der Waals surface area contributed by atoms with E-state index >= 15 is 0 Å². The third-order valence-corrected chi connectivity index (χ3v) is 8.02. The normalized spacial score (nSPS) is 11.4. The predicted octanol–water partition coefficient (Wildman–Crippen LogP) is 4.79.